The van der Waals surface area contributed by atoms with E-state index in [1.165, 1.54) is 30.5 Å². The summed E-state index contributed by atoms with van der Waals surface area (Å²) in [7, 11) is 0. The van der Waals surface area contributed by atoms with Gasteiger partial charge in [0.05, 0.1) is 5.02 Å². The van der Waals surface area contributed by atoms with Crippen LogP contribution in [0.2, 0.25) is 10.0 Å². The first-order valence-electron chi connectivity index (χ1n) is 7.55. The molecule has 0 unspecified atom stereocenters. The van der Waals surface area contributed by atoms with E-state index in [4.69, 9.17) is 23.2 Å². The molecule has 0 aliphatic carbocycles. The maximum absolute atomic E-state index is 13.2. The molecular weight excluding hydrogens is 378 g/mol. The standard InChI is InChI=1S/C18H13Cl2FN4O/c1-10-2-3-11(19)8-16(10)25-18-22-7-6-15(24-18)17(26)23-12-4-5-14(21)13(20)9-12/h2-9H,1H3,(H,23,26)(H,22,24,25). The van der Waals surface area contributed by atoms with Crippen LogP contribution >= 0.6 is 23.2 Å². The van der Waals surface area contributed by atoms with Gasteiger partial charge in [-0.1, -0.05) is 29.3 Å². The number of carbonyl (C=O) groups excluding carboxylic acids is 1. The maximum atomic E-state index is 13.2. The predicted octanol–water partition coefficient (Wildman–Crippen LogP) is 5.23. The van der Waals surface area contributed by atoms with Crippen molar-refractivity contribution in [2.45, 2.75) is 6.92 Å². The Morgan fingerprint density at radius 3 is 2.69 bits per heavy atom. The van der Waals surface area contributed by atoms with Crippen LogP contribution in [-0.2, 0) is 0 Å². The number of benzene rings is 2. The number of hydrogen-bond acceptors (Lipinski definition) is 4. The Morgan fingerprint density at radius 2 is 1.92 bits per heavy atom. The van der Waals surface area contributed by atoms with Crippen LogP contribution in [0.15, 0.2) is 48.7 Å². The van der Waals surface area contributed by atoms with Gasteiger partial charge in [0.2, 0.25) is 5.95 Å². The number of aryl methyl sites for hydroxylation is 1. The summed E-state index contributed by atoms with van der Waals surface area (Å²) in [5.74, 6) is -0.781. The first-order chi connectivity index (χ1) is 12.4. The molecule has 1 heterocycles. The molecule has 0 saturated carbocycles. The van der Waals surface area contributed by atoms with Crippen molar-refractivity contribution in [3.8, 4) is 0 Å². The van der Waals surface area contributed by atoms with Crippen molar-refractivity contribution in [3.63, 3.8) is 0 Å². The first kappa shape index (κ1) is 18.1. The molecule has 0 aliphatic heterocycles. The minimum Gasteiger partial charge on any atom is -0.324 e. The van der Waals surface area contributed by atoms with Crippen LogP contribution in [0, 0.1) is 12.7 Å². The van der Waals surface area contributed by atoms with Crippen molar-refractivity contribution in [2.24, 2.45) is 0 Å². The molecule has 3 rings (SSSR count). The third kappa shape index (κ3) is 4.28. The van der Waals surface area contributed by atoms with Gasteiger partial charge in [-0.25, -0.2) is 14.4 Å². The molecule has 0 saturated heterocycles. The fourth-order valence-corrected chi connectivity index (χ4v) is 2.52. The number of carbonyl (C=O) groups is 1. The molecule has 5 nitrogen and oxygen atoms in total. The van der Waals surface area contributed by atoms with Crippen LogP contribution in [-0.4, -0.2) is 15.9 Å². The fraction of sp³-hybridized carbons (Fsp3) is 0.0556. The summed E-state index contributed by atoms with van der Waals surface area (Å²) in [4.78, 5) is 20.6. The summed E-state index contributed by atoms with van der Waals surface area (Å²) in [6.45, 7) is 1.91. The monoisotopic (exact) mass is 390 g/mol. The van der Waals surface area contributed by atoms with Gasteiger partial charge in [0.1, 0.15) is 11.5 Å². The normalized spacial score (nSPS) is 10.5. The average Bonchev–Trinajstić information content (AvgIpc) is 2.61. The van der Waals surface area contributed by atoms with Crippen LogP contribution < -0.4 is 10.6 Å². The Labute approximate surface area is 159 Å². The molecule has 2 aromatic carbocycles. The van der Waals surface area contributed by atoms with Gasteiger partial charge in [0.25, 0.3) is 5.91 Å². The summed E-state index contributed by atoms with van der Waals surface area (Å²) in [6, 6.07) is 10.8. The quantitative estimate of drug-likeness (QED) is 0.640. The smallest absolute Gasteiger partial charge is 0.274 e. The van der Waals surface area contributed by atoms with E-state index < -0.39 is 11.7 Å². The van der Waals surface area contributed by atoms with Gasteiger partial charge in [0, 0.05) is 22.6 Å². The topological polar surface area (TPSA) is 66.9 Å². The van der Waals surface area contributed by atoms with E-state index in [1.807, 2.05) is 13.0 Å². The van der Waals surface area contributed by atoms with Crippen LogP contribution in [0.1, 0.15) is 16.1 Å². The number of amides is 1. The zero-order valence-corrected chi connectivity index (χ0v) is 15.1. The number of aromatic nitrogens is 2. The van der Waals surface area contributed by atoms with E-state index in [2.05, 4.69) is 20.6 Å². The highest BCUT2D eigenvalue weighted by atomic mass is 35.5. The van der Waals surface area contributed by atoms with Crippen molar-refractivity contribution >= 4 is 46.4 Å². The minimum absolute atomic E-state index is 0.0794. The SMILES string of the molecule is Cc1ccc(Cl)cc1Nc1nccc(C(=O)Nc2ccc(F)c(Cl)c2)n1. The van der Waals surface area contributed by atoms with E-state index in [0.717, 1.165) is 11.3 Å². The highest BCUT2D eigenvalue weighted by Crippen LogP contribution is 2.23. The first-order valence-corrected chi connectivity index (χ1v) is 8.30. The molecule has 1 aromatic heterocycles. The molecule has 1 amide bonds. The second-order valence-electron chi connectivity index (χ2n) is 5.43. The van der Waals surface area contributed by atoms with Gasteiger partial charge >= 0.3 is 0 Å². The Balaban J connectivity index is 1.78. The van der Waals surface area contributed by atoms with Crippen LogP contribution in [0.4, 0.5) is 21.7 Å². The Bertz CT molecular complexity index is 981. The van der Waals surface area contributed by atoms with Crippen molar-refractivity contribution in [3.05, 3.63) is 75.8 Å². The lowest BCUT2D eigenvalue weighted by molar-refractivity contribution is 0.102. The average molecular weight is 391 g/mol. The van der Waals surface area contributed by atoms with Gasteiger partial charge in [-0.3, -0.25) is 4.79 Å². The zero-order chi connectivity index (χ0) is 18.7. The number of anilines is 3. The lowest BCUT2D eigenvalue weighted by Gasteiger charge is -2.10. The number of halogens is 3. The predicted molar refractivity (Wildman–Crippen MR) is 101 cm³/mol. The summed E-state index contributed by atoms with van der Waals surface area (Å²) >= 11 is 11.7. The molecule has 0 spiro atoms. The molecule has 0 fully saturated rings. The summed E-state index contributed by atoms with van der Waals surface area (Å²) in [5.41, 5.74) is 2.19. The molecule has 132 valence electrons. The second kappa shape index (κ2) is 7.68. The van der Waals surface area contributed by atoms with Crippen LogP contribution in [0.25, 0.3) is 0 Å². The fourth-order valence-electron chi connectivity index (χ4n) is 2.16. The molecular formula is C18H13Cl2FN4O. The van der Waals surface area contributed by atoms with Crippen molar-refractivity contribution in [1.29, 1.82) is 0 Å². The number of nitrogens with one attached hydrogen (secondary N) is 2. The number of rotatable bonds is 4. The van der Waals surface area contributed by atoms with E-state index in [0.29, 0.717) is 10.7 Å². The lowest BCUT2D eigenvalue weighted by Crippen LogP contribution is -2.15. The molecule has 0 bridgehead atoms. The molecule has 8 heteroatoms. The molecule has 26 heavy (non-hydrogen) atoms. The second-order valence-corrected chi connectivity index (χ2v) is 6.28. The van der Waals surface area contributed by atoms with Crippen LogP contribution in [0.3, 0.4) is 0 Å². The Kier molecular flexibility index (Phi) is 5.35. The largest absolute Gasteiger partial charge is 0.324 e. The van der Waals surface area contributed by atoms with Crippen molar-refractivity contribution < 1.29 is 9.18 Å². The molecule has 0 aliphatic rings. The molecule has 0 atom stereocenters. The third-order valence-electron chi connectivity index (χ3n) is 3.51. The minimum atomic E-state index is -0.560. The molecule has 0 radical (unpaired) electrons. The van der Waals surface area contributed by atoms with Crippen molar-refractivity contribution in [2.75, 3.05) is 10.6 Å². The van der Waals surface area contributed by atoms with Gasteiger partial charge in [-0.05, 0) is 48.9 Å². The maximum Gasteiger partial charge on any atom is 0.274 e. The van der Waals surface area contributed by atoms with Gasteiger partial charge in [-0.15, -0.1) is 0 Å². The number of hydrogen-bond donors (Lipinski definition) is 2. The highest BCUT2D eigenvalue weighted by Gasteiger charge is 2.11. The summed E-state index contributed by atoms with van der Waals surface area (Å²) in [6.07, 6.45) is 1.46. The van der Waals surface area contributed by atoms with Gasteiger partial charge in [-0.2, -0.15) is 0 Å². The molecule has 3 aromatic rings. The van der Waals surface area contributed by atoms with E-state index in [-0.39, 0.29) is 16.7 Å². The van der Waals surface area contributed by atoms with E-state index in [1.54, 1.807) is 12.1 Å². The Morgan fingerprint density at radius 1 is 1.12 bits per heavy atom. The van der Waals surface area contributed by atoms with E-state index in [9.17, 15) is 9.18 Å². The van der Waals surface area contributed by atoms with Gasteiger partial charge in [0.15, 0.2) is 0 Å². The molecule has 2 N–H and O–H groups in total. The summed E-state index contributed by atoms with van der Waals surface area (Å²) in [5, 5.41) is 6.13. The summed E-state index contributed by atoms with van der Waals surface area (Å²) < 4.78 is 13.2. The Hall–Kier alpha value is -2.70. The van der Waals surface area contributed by atoms with E-state index >= 15 is 0 Å². The van der Waals surface area contributed by atoms with Crippen molar-refractivity contribution in [1.82, 2.24) is 9.97 Å². The lowest BCUT2D eigenvalue weighted by atomic mass is 10.2. The zero-order valence-electron chi connectivity index (χ0n) is 13.6. The highest BCUT2D eigenvalue weighted by molar-refractivity contribution is 6.31. The van der Waals surface area contributed by atoms with Gasteiger partial charge < -0.3 is 10.6 Å². The van der Waals surface area contributed by atoms with Crippen LogP contribution in [0.5, 0.6) is 0 Å². The number of nitrogens with zero attached hydrogens (tertiary/aromatic N) is 2. The third-order valence-corrected chi connectivity index (χ3v) is 4.04.